The van der Waals surface area contributed by atoms with Crippen LogP contribution < -0.4 is 4.57 Å². The van der Waals surface area contributed by atoms with Crippen molar-refractivity contribution in [3.05, 3.63) is 94.5 Å². The Labute approximate surface area is 207 Å². The maximum absolute atomic E-state index is 7.80. The van der Waals surface area contributed by atoms with E-state index in [0.29, 0.717) is 11.6 Å². The summed E-state index contributed by atoms with van der Waals surface area (Å²) >= 11 is 0. The third-order valence-corrected chi connectivity index (χ3v) is 6.94. The van der Waals surface area contributed by atoms with E-state index in [1.807, 2.05) is 42.5 Å². The summed E-state index contributed by atoms with van der Waals surface area (Å²) in [6.45, 7) is 18.8. The molecule has 3 heteroatoms. The lowest BCUT2D eigenvalue weighted by molar-refractivity contribution is -0.660. The van der Waals surface area contributed by atoms with E-state index in [0.717, 1.165) is 50.7 Å². The van der Waals surface area contributed by atoms with Crippen molar-refractivity contribution in [1.82, 2.24) is 0 Å². The van der Waals surface area contributed by atoms with Gasteiger partial charge in [-0.15, -0.1) is 0 Å². The molecule has 0 bridgehead atoms. The van der Waals surface area contributed by atoms with Gasteiger partial charge in [0.2, 0.25) is 5.69 Å². The van der Waals surface area contributed by atoms with E-state index in [-0.39, 0.29) is 0 Å². The van der Waals surface area contributed by atoms with E-state index in [2.05, 4.69) is 69.4 Å². The van der Waals surface area contributed by atoms with Crippen molar-refractivity contribution in [1.29, 1.82) is 0 Å². The van der Waals surface area contributed by atoms with Crippen molar-refractivity contribution < 1.29 is 8.98 Å². The molecule has 0 unspecified atom stereocenters. The van der Waals surface area contributed by atoms with Gasteiger partial charge < -0.3 is 4.42 Å². The number of pyridine rings is 1. The monoisotopic (exact) mass is 459 g/mol. The molecule has 0 saturated heterocycles. The SMILES string of the molecule is [C-]#[N+]c1ccc2c(oc3c(-c4cc(C)c(CC(C)C)c[n+]4C)c(C)cc(C)c32)c1-c1ccccc1. The van der Waals surface area contributed by atoms with Crippen LogP contribution >= 0.6 is 0 Å². The Morgan fingerprint density at radius 2 is 1.63 bits per heavy atom. The van der Waals surface area contributed by atoms with Gasteiger partial charge in [0, 0.05) is 28.0 Å². The highest BCUT2D eigenvalue weighted by atomic mass is 16.3. The Morgan fingerprint density at radius 3 is 2.31 bits per heavy atom. The summed E-state index contributed by atoms with van der Waals surface area (Å²) in [5.74, 6) is 0.607. The van der Waals surface area contributed by atoms with Gasteiger partial charge in [-0.1, -0.05) is 62.4 Å². The minimum atomic E-state index is 0.607. The van der Waals surface area contributed by atoms with Crippen molar-refractivity contribution in [3.8, 4) is 22.4 Å². The van der Waals surface area contributed by atoms with Gasteiger partial charge >= 0.3 is 0 Å². The molecule has 0 radical (unpaired) electrons. The summed E-state index contributed by atoms with van der Waals surface area (Å²) in [5.41, 5.74) is 11.5. The predicted molar refractivity (Wildman–Crippen MR) is 145 cm³/mol. The zero-order valence-electron chi connectivity index (χ0n) is 21.4. The lowest BCUT2D eigenvalue weighted by atomic mass is 9.93. The van der Waals surface area contributed by atoms with E-state index in [9.17, 15) is 0 Å². The van der Waals surface area contributed by atoms with Crippen LogP contribution in [0.15, 0.2) is 65.2 Å². The number of rotatable bonds is 4. The minimum absolute atomic E-state index is 0.607. The van der Waals surface area contributed by atoms with Gasteiger partial charge in [-0.3, -0.25) is 0 Å². The molecule has 0 aliphatic carbocycles. The van der Waals surface area contributed by atoms with Crippen molar-refractivity contribution in [2.45, 2.75) is 41.0 Å². The highest BCUT2D eigenvalue weighted by Crippen LogP contribution is 2.45. The molecule has 0 aliphatic heterocycles. The first-order valence-electron chi connectivity index (χ1n) is 12.2. The van der Waals surface area contributed by atoms with Crippen LogP contribution in [0.4, 0.5) is 5.69 Å². The first kappa shape index (κ1) is 22.9. The minimum Gasteiger partial charge on any atom is -0.456 e. The molecule has 174 valence electrons. The maximum Gasteiger partial charge on any atom is 0.216 e. The molecule has 2 aromatic heterocycles. The zero-order valence-corrected chi connectivity index (χ0v) is 21.4. The van der Waals surface area contributed by atoms with Crippen LogP contribution in [-0.2, 0) is 13.5 Å². The third kappa shape index (κ3) is 3.80. The fourth-order valence-corrected chi connectivity index (χ4v) is 5.37. The Balaban J connectivity index is 1.87. The van der Waals surface area contributed by atoms with E-state index in [1.165, 1.54) is 22.3 Å². The van der Waals surface area contributed by atoms with Crippen LogP contribution in [0, 0.1) is 33.3 Å². The molecule has 2 heterocycles. The number of nitrogens with zero attached hydrogens (tertiary/aromatic N) is 2. The maximum atomic E-state index is 7.80. The fourth-order valence-electron chi connectivity index (χ4n) is 5.37. The van der Waals surface area contributed by atoms with Crippen molar-refractivity contribution in [3.63, 3.8) is 0 Å². The predicted octanol–water partition coefficient (Wildman–Crippen LogP) is 8.42. The Morgan fingerprint density at radius 1 is 0.886 bits per heavy atom. The fraction of sp³-hybridized carbons (Fsp3) is 0.250. The van der Waals surface area contributed by atoms with Crippen LogP contribution in [-0.4, -0.2) is 0 Å². The van der Waals surface area contributed by atoms with E-state index in [4.69, 9.17) is 11.0 Å². The second-order valence-corrected chi connectivity index (χ2v) is 10.1. The summed E-state index contributed by atoms with van der Waals surface area (Å²) in [4.78, 5) is 3.83. The number of hydrogen-bond donors (Lipinski definition) is 0. The van der Waals surface area contributed by atoms with Gasteiger partial charge in [-0.25, -0.2) is 9.41 Å². The Bertz CT molecular complexity index is 1630. The smallest absolute Gasteiger partial charge is 0.216 e. The summed E-state index contributed by atoms with van der Waals surface area (Å²) in [7, 11) is 2.12. The highest BCUT2D eigenvalue weighted by Gasteiger charge is 2.25. The molecule has 0 N–H and O–H groups in total. The first-order chi connectivity index (χ1) is 16.8. The highest BCUT2D eigenvalue weighted by molar-refractivity contribution is 6.16. The van der Waals surface area contributed by atoms with Crippen LogP contribution in [0.2, 0.25) is 0 Å². The van der Waals surface area contributed by atoms with E-state index in [1.54, 1.807) is 0 Å². The van der Waals surface area contributed by atoms with Crippen LogP contribution in [0.25, 0.3) is 49.2 Å². The lowest BCUT2D eigenvalue weighted by Gasteiger charge is -2.12. The average molecular weight is 460 g/mol. The van der Waals surface area contributed by atoms with Crippen LogP contribution in [0.1, 0.15) is 36.1 Å². The normalized spacial score (nSPS) is 11.5. The quantitative estimate of drug-likeness (QED) is 0.195. The van der Waals surface area contributed by atoms with Crippen molar-refractivity contribution in [2.24, 2.45) is 13.0 Å². The number of hydrogen-bond acceptors (Lipinski definition) is 1. The largest absolute Gasteiger partial charge is 0.456 e. The first-order valence-corrected chi connectivity index (χ1v) is 12.2. The Hall–Kier alpha value is -3.90. The number of fused-ring (bicyclic) bond motifs is 3. The summed E-state index contributed by atoms with van der Waals surface area (Å²) < 4.78 is 8.99. The molecule has 5 aromatic rings. The lowest BCUT2D eigenvalue weighted by Crippen LogP contribution is -2.32. The summed E-state index contributed by atoms with van der Waals surface area (Å²) in [6.07, 6.45) is 3.33. The number of benzene rings is 3. The second kappa shape index (κ2) is 8.71. The van der Waals surface area contributed by atoms with Gasteiger partial charge in [0.1, 0.15) is 18.2 Å². The average Bonchev–Trinajstić information content (AvgIpc) is 3.21. The van der Waals surface area contributed by atoms with Gasteiger partial charge in [0.05, 0.1) is 12.1 Å². The molecule has 3 aromatic carbocycles. The molecule has 5 rings (SSSR count). The van der Waals surface area contributed by atoms with Crippen LogP contribution in [0.3, 0.4) is 0 Å². The van der Waals surface area contributed by atoms with Crippen molar-refractivity contribution in [2.75, 3.05) is 0 Å². The van der Waals surface area contributed by atoms with E-state index < -0.39 is 0 Å². The second-order valence-electron chi connectivity index (χ2n) is 10.1. The molecule has 35 heavy (non-hydrogen) atoms. The zero-order chi connectivity index (χ0) is 24.9. The van der Waals surface area contributed by atoms with Crippen LogP contribution in [0.5, 0.6) is 0 Å². The summed E-state index contributed by atoms with van der Waals surface area (Å²) in [5, 5.41) is 2.18. The molecule has 0 amide bonds. The third-order valence-electron chi connectivity index (χ3n) is 6.94. The van der Waals surface area contributed by atoms with Gasteiger partial charge in [-0.05, 0) is 55.4 Å². The molecule has 0 fully saturated rings. The molecule has 0 atom stereocenters. The van der Waals surface area contributed by atoms with Crippen molar-refractivity contribution >= 4 is 27.6 Å². The number of aromatic nitrogens is 1. The number of furan rings is 1. The topological polar surface area (TPSA) is 21.4 Å². The van der Waals surface area contributed by atoms with Gasteiger partial charge in [-0.2, -0.15) is 0 Å². The molecular formula is C32H31N2O+. The molecule has 0 spiro atoms. The molecule has 0 aliphatic rings. The van der Waals surface area contributed by atoms with E-state index >= 15 is 0 Å². The van der Waals surface area contributed by atoms with Gasteiger partial charge in [0.15, 0.2) is 11.9 Å². The molecule has 0 saturated carbocycles. The molecular weight excluding hydrogens is 428 g/mol. The Kier molecular flexibility index (Phi) is 5.69. The number of aryl methyl sites for hydroxylation is 4. The standard InChI is InChI=1S/C32H31N2O/c1-19(2)15-24-18-34(7)27(17-20(24)3)29-22(5)16-21(4)28-25-13-14-26(33-6)30(31(25)35-32(28)29)23-11-9-8-10-12-23/h8-14,16-19H,15H2,1-5,7H3/q+1. The van der Waals surface area contributed by atoms with Gasteiger partial charge in [0.25, 0.3) is 0 Å². The summed E-state index contributed by atoms with van der Waals surface area (Å²) in [6, 6.07) is 18.6. The molecule has 3 nitrogen and oxygen atoms in total.